The summed E-state index contributed by atoms with van der Waals surface area (Å²) < 4.78 is 13.2. The molecule has 3 atom stereocenters. The quantitative estimate of drug-likeness (QED) is 0.347. The average Bonchev–Trinajstić information content (AvgIpc) is 2.76. The van der Waals surface area contributed by atoms with Crippen LogP contribution in [0.25, 0.3) is 0 Å². The molecule has 0 unspecified atom stereocenters. The summed E-state index contributed by atoms with van der Waals surface area (Å²) in [6, 6.07) is 21.2. The highest BCUT2D eigenvalue weighted by Crippen LogP contribution is 2.39. The molecule has 188 valence electrons. The SMILES string of the molecule is CC(C)C(=O)O[C@H](C[C@H](C)O)C[C@H](O[Si](c1ccccc1)(c1ccccc1)C(C)(C)C)C(C)C. The van der Waals surface area contributed by atoms with Gasteiger partial charge in [0.15, 0.2) is 0 Å². The highest BCUT2D eigenvalue weighted by molar-refractivity contribution is 6.99. The summed E-state index contributed by atoms with van der Waals surface area (Å²) >= 11 is 0. The minimum absolute atomic E-state index is 0.142. The van der Waals surface area contributed by atoms with Crippen LogP contribution < -0.4 is 10.4 Å². The fourth-order valence-electron chi connectivity index (χ4n) is 4.51. The Hall–Kier alpha value is -1.95. The molecule has 34 heavy (non-hydrogen) atoms. The predicted molar refractivity (Wildman–Crippen MR) is 143 cm³/mol. The van der Waals surface area contributed by atoms with Crippen molar-refractivity contribution in [3.8, 4) is 0 Å². The van der Waals surface area contributed by atoms with Gasteiger partial charge in [-0.3, -0.25) is 4.79 Å². The third-order valence-electron chi connectivity index (χ3n) is 6.34. The second kappa shape index (κ2) is 12.1. The zero-order chi connectivity index (χ0) is 25.5. The number of benzene rings is 2. The maximum absolute atomic E-state index is 12.4. The van der Waals surface area contributed by atoms with E-state index in [0.717, 1.165) is 0 Å². The van der Waals surface area contributed by atoms with Crippen molar-refractivity contribution in [3.63, 3.8) is 0 Å². The van der Waals surface area contributed by atoms with Crippen LogP contribution in [0, 0.1) is 11.8 Å². The average molecular weight is 485 g/mol. The van der Waals surface area contributed by atoms with Gasteiger partial charge in [-0.1, -0.05) is 109 Å². The van der Waals surface area contributed by atoms with Gasteiger partial charge in [0.25, 0.3) is 8.32 Å². The van der Waals surface area contributed by atoms with Gasteiger partial charge in [0.05, 0.1) is 18.1 Å². The first-order valence-corrected chi connectivity index (χ1v) is 14.5. The van der Waals surface area contributed by atoms with Gasteiger partial charge in [0.1, 0.15) is 6.10 Å². The number of hydrogen-bond donors (Lipinski definition) is 1. The van der Waals surface area contributed by atoms with E-state index in [4.69, 9.17) is 9.16 Å². The van der Waals surface area contributed by atoms with Crippen LogP contribution in [0.5, 0.6) is 0 Å². The van der Waals surface area contributed by atoms with Gasteiger partial charge in [0, 0.05) is 12.8 Å². The summed E-state index contributed by atoms with van der Waals surface area (Å²) in [5.74, 6) is -0.249. The molecule has 0 aromatic heterocycles. The smallest absolute Gasteiger partial charge is 0.308 e. The van der Waals surface area contributed by atoms with Gasteiger partial charge in [0.2, 0.25) is 0 Å². The Morgan fingerprint density at radius 3 is 1.68 bits per heavy atom. The minimum Gasteiger partial charge on any atom is -0.462 e. The summed E-state index contributed by atoms with van der Waals surface area (Å²) in [6.07, 6.45) is -0.168. The molecule has 0 radical (unpaired) electrons. The first kappa shape index (κ1) is 28.3. The maximum atomic E-state index is 12.4. The molecule has 0 amide bonds. The molecule has 0 saturated heterocycles. The Balaban J connectivity index is 2.56. The number of esters is 1. The van der Waals surface area contributed by atoms with E-state index in [-0.39, 0.29) is 28.9 Å². The van der Waals surface area contributed by atoms with Crippen molar-refractivity contribution >= 4 is 24.7 Å². The lowest BCUT2D eigenvalue weighted by atomic mass is 9.98. The largest absolute Gasteiger partial charge is 0.462 e. The molecular weight excluding hydrogens is 440 g/mol. The molecule has 0 aliphatic heterocycles. The summed E-state index contributed by atoms with van der Waals surface area (Å²) in [5.41, 5.74) is 0. The summed E-state index contributed by atoms with van der Waals surface area (Å²) in [7, 11) is -2.75. The van der Waals surface area contributed by atoms with Crippen molar-refractivity contribution in [2.75, 3.05) is 0 Å². The Labute approximate surface area is 207 Å². The molecule has 2 aromatic rings. The number of carbonyl (C=O) groups excluding carboxylic acids is 1. The molecule has 2 aromatic carbocycles. The zero-order valence-electron chi connectivity index (χ0n) is 22.2. The van der Waals surface area contributed by atoms with Crippen LogP contribution in [-0.4, -0.2) is 37.7 Å². The number of rotatable bonds is 11. The Bertz CT molecular complexity index is 833. The number of hydrogen-bond acceptors (Lipinski definition) is 4. The molecule has 0 heterocycles. The van der Waals surface area contributed by atoms with E-state index in [1.165, 1.54) is 10.4 Å². The molecule has 0 aliphatic rings. The summed E-state index contributed by atoms with van der Waals surface area (Å²) in [6.45, 7) is 16.5. The van der Waals surface area contributed by atoms with E-state index in [1.807, 2.05) is 26.0 Å². The predicted octanol–water partition coefficient (Wildman–Crippen LogP) is 5.32. The fourth-order valence-corrected chi connectivity index (χ4v) is 9.34. The third kappa shape index (κ3) is 7.03. The van der Waals surface area contributed by atoms with Crippen LogP contribution in [0.3, 0.4) is 0 Å². The molecule has 0 saturated carbocycles. The van der Waals surface area contributed by atoms with Crippen LogP contribution >= 0.6 is 0 Å². The van der Waals surface area contributed by atoms with Gasteiger partial charge >= 0.3 is 5.97 Å². The van der Waals surface area contributed by atoms with Crippen LogP contribution in [0.2, 0.25) is 5.04 Å². The molecule has 0 spiro atoms. The number of aliphatic hydroxyl groups excluding tert-OH is 1. The maximum Gasteiger partial charge on any atom is 0.308 e. The summed E-state index contributed by atoms with van der Waals surface area (Å²) in [5, 5.41) is 12.4. The van der Waals surface area contributed by atoms with Crippen LogP contribution in [-0.2, 0) is 14.0 Å². The molecule has 4 nitrogen and oxygen atoms in total. The van der Waals surface area contributed by atoms with E-state index in [0.29, 0.717) is 12.8 Å². The minimum atomic E-state index is -2.75. The molecule has 0 bridgehead atoms. The highest BCUT2D eigenvalue weighted by Gasteiger charge is 2.52. The zero-order valence-corrected chi connectivity index (χ0v) is 23.2. The summed E-state index contributed by atoms with van der Waals surface area (Å²) in [4.78, 5) is 12.4. The first-order chi connectivity index (χ1) is 15.9. The molecule has 5 heteroatoms. The standard InChI is InChI=1S/C29H44O4Si/c1-21(2)27(20-24(19-23(5)30)32-28(31)22(3)4)33-34(29(6,7)8,25-15-11-9-12-16-25)26-17-13-10-14-18-26/h9-18,21-24,27,30H,19-20H2,1-8H3/t23-,24+,27-/m0/s1. The second-order valence-electron chi connectivity index (χ2n) is 11.1. The van der Waals surface area contributed by atoms with Crippen molar-refractivity contribution in [2.24, 2.45) is 11.8 Å². The van der Waals surface area contributed by atoms with E-state index in [2.05, 4.69) is 83.1 Å². The van der Waals surface area contributed by atoms with Crippen molar-refractivity contribution < 1.29 is 19.1 Å². The molecule has 0 aliphatic carbocycles. The van der Waals surface area contributed by atoms with Crippen LogP contribution in [0.4, 0.5) is 0 Å². The monoisotopic (exact) mass is 484 g/mol. The van der Waals surface area contributed by atoms with E-state index >= 15 is 0 Å². The molecular formula is C29H44O4Si. The fraction of sp³-hybridized carbons (Fsp3) is 0.552. The van der Waals surface area contributed by atoms with Gasteiger partial charge in [-0.05, 0) is 28.3 Å². The molecule has 1 N–H and O–H groups in total. The van der Waals surface area contributed by atoms with Crippen molar-refractivity contribution in [2.45, 2.75) is 91.6 Å². The molecule has 2 rings (SSSR count). The Morgan fingerprint density at radius 2 is 1.32 bits per heavy atom. The lowest BCUT2D eigenvalue weighted by Crippen LogP contribution is -2.68. The van der Waals surface area contributed by atoms with Crippen LogP contribution in [0.15, 0.2) is 60.7 Å². The van der Waals surface area contributed by atoms with Gasteiger partial charge in [-0.15, -0.1) is 0 Å². The lowest BCUT2D eigenvalue weighted by molar-refractivity contribution is -0.155. The van der Waals surface area contributed by atoms with E-state index in [1.54, 1.807) is 6.92 Å². The second-order valence-corrected chi connectivity index (χ2v) is 15.4. The molecule has 0 fully saturated rings. The van der Waals surface area contributed by atoms with Gasteiger partial charge < -0.3 is 14.3 Å². The Kier molecular flexibility index (Phi) is 10.1. The number of aliphatic hydroxyl groups is 1. The van der Waals surface area contributed by atoms with E-state index < -0.39 is 20.5 Å². The van der Waals surface area contributed by atoms with Crippen LogP contribution in [0.1, 0.15) is 68.2 Å². The van der Waals surface area contributed by atoms with Crippen molar-refractivity contribution in [3.05, 3.63) is 60.7 Å². The van der Waals surface area contributed by atoms with Gasteiger partial charge in [-0.2, -0.15) is 0 Å². The number of carbonyl (C=O) groups is 1. The topological polar surface area (TPSA) is 55.8 Å². The lowest BCUT2D eigenvalue weighted by Gasteiger charge is -2.46. The van der Waals surface area contributed by atoms with Crippen molar-refractivity contribution in [1.29, 1.82) is 0 Å². The van der Waals surface area contributed by atoms with Gasteiger partial charge in [-0.25, -0.2) is 0 Å². The third-order valence-corrected chi connectivity index (χ3v) is 11.4. The van der Waals surface area contributed by atoms with E-state index in [9.17, 15) is 9.90 Å². The Morgan fingerprint density at radius 1 is 0.853 bits per heavy atom. The normalized spacial score (nSPS) is 15.3. The van der Waals surface area contributed by atoms with Crippen molar-refractivity contribution in [1.82, 2.24) is 0 Å². The number of ether oxygens (including phenoxy) is 1. The first-order valence-electron chi connectivity index (χ1n) is 12.6. The highest BCUT2D eigenvalue weighted by atomic mass is 28.4.